The summed E-state index contributed by atoms with van der Waals surface area (Å²) in [5.74, 6) is 0.810. The molecule has 3 rings (SSSR count). The van der Waals surface area contributed by atoms with Gasteiger partial charge in [0.05, 0.1) is 0 Å². The summed E-state index contributed by atoms with van der Waals surface area (Å²) in [6.45, 7) is 7.53. The van der Waals surface area contributed by atoms with Gasteiger partial charge in [-0.2, -0.15) is 0 Å². The van der Waals surface area contributed by atoms with Crippen molar-refractivity contribution in [3.05, 3.63) is 59.1 Å². The van der Waals surface area contributed by atoms with Crippen molar-refractivity contribution < 1.29 is 24.1 Å². The Morgan fingerprint density at radius 1 is 1.03 bits per heavy atom. The van der Waals surface area contributed by atoms with Crippen LogP contribution in [-0.2, 0) is 4.79 Å². The molecule has 6 nitrogen and oxygen atoms in total. The molecule has 0 radical (unpaired) electrons. The molecule has 3 N–H and O–H groups in total. The number of hydrogen-bond acceptors (Lipinski definition) is 3. The quantitative estimate of drug-likeness (QED) is 0.543. The lowest BCUT2D eigenvalue weighted by Crippen LogP contribution is -3.28. The van der Waals surface area contributed by atoms with Gasteiger partial charge in [0.1, 0.15) is 45.1 Å². The maximum absolute atomic E-state index is 12.3. The van der Waals surface area contributed by atoms with Crippen molar-refractivity contribution in [1.82, 2.24) is 0 Å². The number of Topliss-reactive ketones (excluding diaryl/α,β-unsaturated/α-hetero) is 1. The predicted octanol–water partition coefficient (Wildman–Crippen LogP) is 0.344. The number of piperazine rings is 1. The largest absolute Gasteiger partial charge is 0.488 e. The van der Waals surface area contributed by atoms with Gasteiger partial charge in [-0.1, -0.05) is 23.7 Å². The standard InChI is InChI=1S/C22H26ClN3O3/c1-17(27)18-3-2-4-20(15-18)24-22(28)16-26-11-9-25(10-12-26)13-14-29-21-7-5-19(23)6-8-21/h2-8,15H,9-14,16H2,1H3,(H,24,28)/p+2. The lowest BCUT2D eigenvalue weighted by atomic mass is 10.1. The summed E-state index contributed by atoms with van der Waals surface area (Å²) in [6, 6.07) is 14.5. The first-order chi connectivity index (χ1) is 14.0. The van der Waals surface area contributed by atoms with Crippen LogP contribution in [0.1, 0.15) is 17.3 Å². The van der Waals surface area contributed by atoms with Crippen LogP contribution in [0.3, 0.4) is 0 Å². The number of quaternary nitrogens is 2. The Kier molecular flexibility index (Phi) is 7.63. The van der Waals surface area contributed by atoms with E-state index in [0.717, 1.165) is 38.5 Å². The van der Waals surface area contributed by atoms with E-state index in [-0.39, 0.29) is 11.7 Å². The van der Waals surface area contributed by atoms with Crippen molar-refractivity contribution in [3.8, 4) is 5.75 Å². The van der Waals surface area contributed by atoms with Crippen LogP contribution in [0, 0.1) is 0 Å². The van der Waals surface area contributed by atoms with Crippen LogP contribution in [0.4, 0.5) is 5.69 Å². The number of hydrogen-bond donors (Lipinski definition) is 3. The number of anilines is 1. The van der Waals surface area contributed by atoms with Gasteiger partial charge in [0.15, 0.2) is 12.3 Å². The number of ketones is 1. The van der Waals surface area contributed by atoms with Gasteiger partial charge in [-0.3, -0.25) is 9.59 Å². The zero-order valence-electron chi connectivity index (χ0n) is 16.7. The zero-order chi connectivity index (χ0) is 20.6. The van der Waals surface area contributed by atoms with E-state index >= 15 is 0 Å². The van der Waals surface area contributed by atoms with E-state index in [2.05, 4.69) is 5.32 Å². The fourth-order valence-electron chi connectivity index (χ4n) is 3.48. The van der Waals surface area contributed by atoms with Crippen LogP contribution >= 0.6 is 11.6 Å². The number of ether oxygens (including phenoxy) is 1. The molecular formula is C22H28ClN3O3+2. The molecule has 1 heterocycles. The molecule has 0 spiro atoms. The molecule has 1 amide bonds. The molecule has 0 unspecified atom stereocenters. The van der Waals surface area contributed by atoms with Crippen molar-refractivity contribution in [2.45, 2.75) is 6.92 Å². The molecular weight excluding hydrogens is 390 g/mol. The van der Waals surface area contributed by atoms with E-state index in [9.17, 15) is 9.59 Å². The first kappa shape index (κ1) is 21.3. The van der Waals surface area contributed by atoms with Gasteiger partial charge in [0.25, 0.3) is 5.91 Å². The fourth-order valence-corrected chi connectivity index (χ4v) is 3.60. The topological polar surface area (TPSA) is 64.3 Å². The predicted molar refractivity (Wildman–Crippen MR) is 113 cm³/mol. The number of carbonyl (C=O) groups excluding carboxylic acids is 2. The normalized spacial score (nSPS) is 18.8. The minimum atomic E-state index is -0.0183. The van der Waals surface area contributed by atoms with Crippen LogP contribution in [0.2, 0.25) is 5.02 Å². The molecule has 2 aromatic rings. The van der Waals surface area contributed by atoms with Crippen LogP contribution in [0.25, 0.3) is 0 Å². The van der Waals surface area contributed by atoms with Gasteiger partial charge in [-0.15, -0.1) is 0 Å². The van der Waals surface area contributed by atoms with Gasteiger partial charge >= 0.3 is 0 Å². The summed E-state index contributed by atoms with van der Waals surface area (Å²) < 4.78 is 5.77. The van der Waals surface area contributed by atoms with Crippen molar-refractivity contribution in [2.75, 3.05) is 51.2 Å². The minimum absolute atomic E-state index is 0.00846. The second-order valence-corrected chi connectivity index (χ2v) is 7.85. The van der Waals surface area contributed by atoms with E-state index in [1.54, 1.807) is 18.2 Å². The van der Waals surface area contributed by atoms with Crippen LogP contribution in [-0.4, -0.2) is 57.6 Å². The Bertz CT molecular complexity index is 833. The fraction of sp³-hybridized carbons (Fsp3) is 0.364. The highest BCUT2D eigenvalue weighted by Gasteiger charge is 2.24. The average molecular weight is 418 g/mol. The molecule has 29 heavy (non-hydrogen) atoms. The average Bonchev–Trinajstić information content (AvgIpc) is 2.71. The highest BCUT2D eigenvalue weighted by atomic mass is 35.5. The lowest BCUT2D eigenvalue weighted by molar-refractivity contribution is -1.01. The molecule has 154 valence electrons. The Morgan fingerprint density at radius 2 is 1.72 bits per heavy atom. The van der Waals surface area contributed by atoms with Gasteiger partial charge in [-0.05, 0) is 43.3 Å². The summed E-state index contributed by atoms with van der Waals surface area (Å²) in [6.07, 6.45) is 0. The number of carbonyl (C=O) groups is 2. The highest BCUT2D eigenvalue weighted by molar-refractivity contribution is 6.30. The summed E-state index contributed by atoms with van der Waals surface area (Å²) in [5, 5.41) is 3.61. The molecule has 1 aliphatic heterocycles. The number of halogens is 1. The molecule has 1 aliphatic rings. The number of amides is 1. The molecule has 0 aromatic heterocycles. The maximum atomic E-state index is 12.3. The summed E-state index contributed by atoms with van der Waals surface area (Å²) in [4.78, 5) is 26.6. The molecule has 7 heteroatoms. The third kappa shape index (κ3) is 6.85. The van der Waals surface area contributed by atoms with Crippen molar-refractivity contribution in [2.24, 2.45) is 0 Å². The SMILES string of the molecule is CC(=O)c1cccc(NC(=O)C[NH+]2CC[NH+](CCOc3ccc(Cl)cc3)CC2)c1. The van der Waals surface area contributed by atoms with E-state index in [4.69, 9.17) is 16.3 Å². The van der Waals surface area contributed by atoms with Crippen LogP contribution in [0.5, 0.6) is 5.75 Å². The molecule has 0 aliphatic carbocycles. The van der Waals surface area contributed by atoms with Crippen molar-refractivity contribution in [3.63, 3.8) is 0 Å². The Labute approximate surface area is 176 Å². The Morgan fingerprint density at radius 3 is 2.41 bits per heavy atom. The summed E-state index contributed by atoms with van der Waals surface area (Å²) in [5.41, 5.74) is 1.28. The lowest BCUT2D eigenvalue weighted by Gasteiger charge is -2.29. The van der Waals surface area contributed by atoms with Crippen LogP contribution in [0.15, 0.2) is 48.5 Å². The van der Waals surface area contributed by atoms with Gasteiger partial charge in [-0.25, -0.2) is 0 Å². The second-order valence-electron chi connectivity index (χ2n) is 7.41. The third-order valence-electron chi connectivity index (χ3n) is 5.17. The minimum Gasteiger partial charge on any atom is -0.488 e. The number of rotatable bonds is 8. The number of nitrogens with one attached hydrogen (secondary N) is 3. The van der Waals surface area contributed by atoms with Gasteiger partial charge < -0.3 is 19.9 Å². The van der Waals surface area contributed by atoms with E-state index in [1.807, 2.05) is 30.3 Å². The summed E-state index contributed by atoms with van der Waals surface area (Å²) >= 11 is 5.88. The highest BCUT2D eigenvalue weighted by Crippen LogP contribution is 2.15. The second kappa shape index (κ2) is 10.4. The van der Waals surface area contributed by atoms with E-state index in [1.165, 1.54) is 16.7 Å². The first-order valence-electron chi connectivity index (χ1n) is 9.96. The molecule has 0 bridgehead atoms. The van der Waals surface area contributed by atoms with Crippen LogP contribution < -0.4 is 19.9 Å². The van der Waals surface area contributed by atoms with Crippen molar-refractivity contribution >= 4 is 29.0 Å². The molecule has 0 saturated carbocycles. The van der Waals surface area contributed by atoms with E-state index < -0.39 is 0 Å². The zero-order valence-corrected chi connectivity index (χ0v) is 17.4. The monoisotopic (exact) mass is 417 g/mol. The maximum Gasteiger partial charge on any atom is 0.279 e. The molecule has 2 aromatic carbocycles. The molecule has 0 atom stereocenters. The Balaban J connectivity index is 1.36. The Hall–Kier alpha value is -2.41. The van der Waals surface area contributed by atoms with Gasteiger partial charge in [0, 0.05) is 16.3 Å². The smallest absolute Gasteiger partial charge is 0.279 e. The number of benzene rings is 2. The van der Waals surface area contributed by atoms with Gasteiger partial charge in [0.2, 0.25) is 0 Å². The molecule has 1 fully saturated rings. The summed E-state index contributed by atoms with van der Waals surface area (Å²) in [7, 11) is 0. The molecule has 1 saturated heterocycles. The third-order valence-corrected chi connectivity index (χ3v) is 5.42. The van der Waals surface area contributed by atoms with Crippen molar-refractivity contribution in [1.29, 1.82) is 0 Å². The van der Waals surface area contributed by atoms with E-state index in [0.29, 0.717) is 29.4 Å². The first-order valence-corrected chi connectivity index (χ1v) is 10.3.